The van der Waals surface area contributed by atoms with Gasteiger partial charge < -0.3 is 14.8 Å². The molecule has 1 saturated heterocycles. The number of nitrogens with one attached hydrogen (secondary N) is 1. The molecular weight excluding hydrogens is 324 g/mol. The Morgan fingerprint density at radius 2 is 1.64 bits per heavy atom. The van der Waals surface area contributed by atoms with Gasteiger partial charge in [-0.3, -0.25) is 0 Å². The van der Waals surface area contributed by atoms with E-state index in [4.69, 9.17) is 9.90 Å². The average molecular weight is 335 g/mol. The Kier molecular flexibility index (Phi) is 5.74. The molecule has 1 aromatic heterocycles. The third-order valence-electron chi connectivity index (χ3n) is 2.61. The predicted octanol–water partition coefficient (Wildman–Crippen LogP) is 2.19. The molecular formula is C10H11F6N3O3. The van der Waals surface area contributed by atoms with Crippen molar-refractivity contribution in [1.82, 2.24) is 15.5 Å². The Hall–Kier alpha value is -1.85. The lowest BCUT2D eigenvalue weighted by molar-refractivity contribution is -0.192. The molecule has 2 N–H and O–H groups in total. The maximum atomic E-state index is 12.2. The number of alkyl halides is 6. The molecule has 1 aromatic rings. The highest BCUT2D eigenvalue weighted by molar-refractivity contribution is 5.73. The molecule has 1 aliphatic heterocycles. The standard InChI is InChI=1S/C8H10F3N3O.C2HF3O2/c9-8(10,11)7-14-13-6(15-7)5-1-3-12-4-2-5;3-2(4,5)1(6)7/h5,12H,1-4H2;(H,6,7). The van der Waals surface area contributed by atoms with Crippen molar-refractivity contribution >= 4 is 5.97 Å². The summed E-state index contributed by atoms with van der Waals surface area (Å²) in [6.45, 7) is 1.54. The van der Waals surface area contributed by atoms with Crippen LogP contribution < -0.4 is 5.32 Å². The van der Waals surface area contributed by atoms with Crippen molar-refractivity contribution in [2.45, 2.75) is 31.1 Å². The zero-order valence-electron chi connectivity index (χ0n) is 10.8. The van der Waals surface area contributed by atoms with Gasteiger partial charge in [0.25, 0.3) is 0 Å². The van der Waals surface area contributed by atoms with Gasteiger partial charge in [-0.05, 0) is 25.9 Å². The van der Waals surface area contributed by atoms with Crippen LogP contribution in [0.3, 0.4) is 0 Å². The monoisotopic (exact) mass is 335 g/mol. The molecule has 0 spiro atoms. The minimum atomic E-state index is -5.08. The van der Waals surface area contributed by atoms with E-state index in [1.54, 1.807) is 0 Å². The van der Waals surface area contributed by atoms with Gasteiger partial charge in [-0.25, -0.2) is 4.79 Å². The summed E-state index contributed by atoms with van der Waals surface area (Å²) in [6, 6.07) is 0. The van der Waals surface area contributed by atoms with Crippen molar-refractivity contribution < 1.29 is 40.7 Å². The first kappa shape index (κ1) is 18.2. The predicted molar refractivity (Wildman–Crippen MR) is 57.8 cm³/mol. The largest absolute Gasteiger partial charge is 0.490 e. The van der Waals surface area contributed by atoms with Crippen LogP contribution in [0.1, 0.15) is 30.5 Å². The molecule has 126 valence electrons. The summed E-state index contributed by atoms with van der Waals surface area (Å²) in [7, 11) is 0. The molecule has 0 amide bonds. The molecule has 2 rings (SSSR count). The summed E-state index contributed by atoms with van der Waals surface area (Å²) in [5.41, 5.74) is 0. The molecule has 0 aromatic carbocycles. The van der Waals surface area contributed by atoms with E-state index in [9.17, 15) is 26.3 Å². The molecule has 0 atom stereocenters. The van der Waals surface area contributed by atoms with Crippen LogP contribution in [0.15, 0.2) is 4.42 Å². The molecule has 0 saturated carbocycles. The zero-order valence-corrected chi connectivity index (χ0v) is 10.8. The second-order valence-corrected chi connectivity index (χ2v) is 4.27. The van der Waals surface area contributed by atoms with E-state index in [0.717, 1.165) is 25.9 Å². The van der Waals surface area contributed by atoms with Gasteiger partial charge in [0, 0.05) is 5.92 Å². The van der Waals surface area contributed by atoms with Crippen molar-refractivity contribution in [2.24, 2.45) is 0 Å². The van der Waals surface area contributed by atoms with E-state index in [-0.39, 0.29) is 11.8 Å². The third-order valence-corrected chi connectivity index (χ3v) is 2.61. The summed E-state index contributed by atoms with van der Waals surface area (Å²) in [6.07, 6.45) is -8.16. The molecule has 1 aliphatic rings. The number of carbonyl (C=O) groups is 1. The molecule has 1 fully saturated rings. The average Bonchev–Trinajstić information content (AvgIpc) is 2.89. The van der Waals surface area contributed by atoms with Crippen molar-refractivity contribution in [3.63, 3.8) is 0 Å². The van der Waals surface area contributed by atoms with Gasteiger partial charge in [0.1, 0.15) is 0 Å². The highest BCUT2D eigenvalue weighted by atomic mass is 19.4. The number of hydrogen-bond donors (Lipinski definition) is 2. The molecule has 0 bridgehead atoms. The highest BCUT2D eigenvalue weighted by Crippen LogP contribution is 2.31. The Labute approximate surface area is 119 Å². The van der Waals surface area contributed by atoms with Gasteiger partial charge in [0.2, 0.25) is 5.89 Å². The fraction of sp³-hybridized carbons (Fsp3) is 0.700. The van der Waals surface area contributed by atoms with Gasteiger partial charge in [-0.1, -0.05) is 0 Å². The smallest absolute Gasteiger partial charge is 0.475 e. The molecule has 0 radical (unpaired) electrons. The lowest BCUT2D eigenvalue weighted by Crippen LogP contribution is -2.26. The summed E-state index contributed by atoms with van der Waals surface area (Å²) in [5.74, 6) is -3.96. The minimum absolute atomic E-state index is 0.0464. The Morgan fingerprint density at radius 3 is 2.00 bits per heavy atom. The van der Waals surface area contributed by atoms with Crippen LogP contribution in [-0.2, 0) is 11.0 Å². The van der Waals surface area contributed by atoms with Gasteiger partial charge in [-0.15, -0.1) is 10.2 Å². The van der Waals surface area contributed by atoms with Crippen molar-refractivity contribution in [3.8, 4) is 0 Å². The third kappa shape index (κ3) is 5.50. The van der Waals surface area contributed by atoms with Crippen molar-refractivity contribution in [2.75, 3.05) is 13.1 Å². The fourth-order valence-electron chi connectivity index (χ4n) is 1.58. The molecule has 2 heterocycles. The second-order valence-electron chi connectivity index (χ2n) is 4.27. The van der Waals surface area contributed by atoms with Crippen LogP contribution >= 0.6 is 0 Å². The van der Waals surface area contributed by atoms with Crippen LogP contribution in [0.25, 0.3) is 0 Å². The van der Waals surface area contributed by atoms with Crippen molar-refractivity contribution in [3.05, 3.63) is 11.8 Å². The number of carboxylic acid groups (broad SMARTS) is 1. The van der Waals surface area contributed by atoms with Crippen LogP contribution in [0, 0.1) is 0 Å². The van der Waals surface area contributed by atoms with E-state index < -0.39 is 24.2 Å². The van der Waals surface area contributed by atoms with Gasteiger partial charge in [0.15, 0.2) is 0 Å². The number of aromatic nitrogens is 2. The number of nitrogens with zero attached hydrogens (tertiary/aromatic N) is 2. The fourth-order valence-corrected chi connectivity index (χ4v) is 1.58. The number of hydrogen-bond acceptors (Lipinski definition) is 5. The minimum Gasteiger partial charge on any atom is -0.475 e. The molecule has 22 heavy (non-hydrogen) atoms. The number of aliphatic carboxylic acids is 1. The molecule has 6 nitrogen and oxygen atoms in total. The second kappa shape index (κ2) is 6.94. The zero-order chi connectivity index (χ0) is 17.0. The van der Waals surface area contributed by atoms with Gasteiger partial charge >= 0.3 is 24.2 Å². The Balaban J connectivity index is 0.000000295. The SMILES string of the molecule is FC(F)(F)c1nnc(C2CCNCC2)o1.O=C(O)C(F)(F)F. The first-order chi connectivity index (χ1) is 10.0. The molecule has 0 aliphatic carbocycles. The van der Waals surface area contributed by atoms with Gasteiger partial charge in [0.05, 0.1) is 0 Å². The van der Waals surface area contributed by atoms with E-state index in [2.05, 4.69) is 19.9 Å². The van der Waals surface area contributed by atoms with E-state index in [1.165, 1.54) is 0 Å². The molecule has 0 unspecified atom stereocenters. The van der Waals surface area contributed by atoms with Gasteiger partial charge in [-0.2, -0.15) is 26.3 Å². The Morgan fingerprint density at radius 1 is 1.14 bits per heavy atom. The van der Waals surface area contributed by atoms with E-state index in [0.29, 0.717) is 0 Å². The summed E-state index contributed by atoms with van der Waals surface area (Å²) in [4.78, 5) is 8.90. The lowest BCUT2D eigenvalue weighted by atomic mass is 9.98. The van der Waals surface area contributed by atoms with E-state index >= 15 is 0 Å². The number of carboxylic acids is 1. The summed E-state index contributed by atoms with van der Waals surface area (Å²) in [5, 5.41) is 16.7. The van der Waals surface area contributed by atoms with Crippen LogP contribution in [0.5, 0.6) is 0 Å². The normalized spacial score (nSPS) is 16.8. The number of piperidine rings is 1. The lowest BCUT2D eigenvalue weighted by Gasteiger charge is -2.18. The number of rotatable bonds is 1. The first-order valence-corrected chi connectivity index (χ1v) is 5.93. The Bertz CT molecular complexity index is 493. The van der Waals surface area contributed by atoms with Crippen molar-refractivity contribution in [1.29, 1.82) is 0 Å². The van der Waals surface area contributed by atoms with Crippen LogP contribution in [0.4, 0.5) is 26.3 Å². The number of halogens is 6. The van der Waals surface area contributed by atoms with E-state index in [1.807, 2.05) is 0 Å². The maximum Gasteiger partial charge on any atom is 0.490 e. The maximum absolute atomic E-state index is 12.2. The first-order valence-electron chi connectivity index (χ1n) is 5.93. The quantitative estimate of drug-likeness (QED) is 0.765. The highest BCUT2D eigenvalue weighted by Gasteiger charge is 2.39. The van der Waals surface area contributed by atoms with Crippen LogP contribution in [-0.4, -0.2) is 40.5 Å². The van der Waals surface area contributed by atoms with Crippen LogP contribution in [0.2, 0.25) is 0 Å². The summed E-state index contributed by atoms with van der Waals surface area (Å²) < 4.78 is 72.8. The topological polar surface area (TPSA) is 88.3 Å². The summed E-state index contributed by atoms with van der Waals surface area (Å²) >= 11 is 0. The molecule has 12 heteroatoms.